The van der Waals surface area contributed by atoms with Crippen LogP contribution in [0.1, 0.15) is 55.4 Å². The van der Waals surface area contributed by atoms with Crippen LogP contribution >= 0.6 is 0 Å². The van der Waals surface area contributed by atoms with Gasteiger partial charge in [0, 0.05) is 5.56 Å². The van der Waals surface area contributed by atoms with Crippen LogP contribution in [0.5, 0.6) is 5.75 Å². The molecule has 2 N–H and O–H groups in total. The number of phenolic OH excluding ortho intramolecular Hbond substituents is 1. The van der Waals surface area contributed by atoms with Crippen molar-refractivity contribution in [3.8, 4) is 16.9 Å². The number of aromatic hydroxyl groups is 1. The number of fused-ring (bicyclic) bond motifs is 5. The Morgan fingerprint density at radius 3 is 2.41 bits per heavy atom. The van der Waals surface area contributed by atoms with Gasteiger partial charge in [-0.3, -0.25) is 4.79 Å². The van der Waals surface area contributed by atoms with Gasteiger partial charge in [-0.25, -0.2) is 4.98 Å². The number of hydrogen-bond donors (Lipinski definition) is 2. The van der Waals surface area contributed by atoms with Crippen molar-refractivity contribution in [1.29, 1.82) is 0 Å². The van der Waals surface area contributed by atoms with Crippen molar-refractivity contribution >= 4 is 27.2 Å². The highest BCUT2D eigenvalue weighted by atomic mass is 16.3. The number of benzene rings is 5. The van der Waals surface area contributed by atoms with Crippen LogP contribution in [0, 0.1) is 0 Å². The van der Waals surface area contributed by atoms with Gasteiger partial charge in [-0.15, -0.1) is 0 Å². The minimum atomic E-state index is -0.0874. The van der Waals surface area contributed by atoms with Crippen molar-refractivity contribution in [3.05, 3.63) is 160 Å². The predicted octanol–water partition coefficient (Wildman–Crippen LogP) is 9.71. The lowest BCUT2D eigenvalue weighted by Crippen LogP contribution is -2.25. The summed E-state index contributed by atoms with van der Waals surface area (Å²) in [6.45, 7) is 4.82. The molecular weight excluding hydrogens is 564 g/mol. The number of allylic oxidation sites excluding steroid dienone is 4. The Hall–Kier alpha value is -5.22. The van der Waals surface area contributed by atoms with Crippen LogP contribution in [0.15, 0.2) is 132 Å². The molecule has 2 aliphatic carbocycles. The molecular formula is C42H38N2O2. The minimum Gasteiger partial charge on any atom is -0.507 e. The summed E-state index contributed by atoms with van der Waals surface area (Å²) < 4.78 is 0. The van der Waals surface area contributed by atoms with Crippen molar-refractivity contribution < 1.29 is 5.11 Å². The second-order valence-corrected chi connectivity index (χ2v) is 13.0. The highest BCUT2D eigenvalue weighted by Crippen LogP contribution is 2.49. The molecule has 4 heteroatoms. The topological polar surface area (TPSA) is 66.0 Å². The first-order chi connectivity index (χ1) is 22.4. The highest BCUT2D eigenvalue weighted by molar-refractivity contribution is 5.98. The fourth-order valence-corrected chi connectivity index (χ4v) is 7.27. The molecule has 0 bridgehead atoms. The Morgan fingerprint density at radius 2 is 1.59 bits per heavy atom. The molecule has 0 fully saturated rings. The fourth-order valence-electron chi connectivity index (χ4n) is 7.27. The molecule has 8 rings (SSSR count). The molecule has 0 atom stereocenters. The van der Waals surface area contributed by atoms with Gasteiger partial charge in [0.1, 0.15) is 5.75 Å². The standard InChI is InChI=1S/C34H32O.C8H6N2O/c1-34(2)22-26-12-6-7-13-27(26)29-19-18-25-20-30(28-14-8-9-15-32(28)35)24(21-31(25)33(29)34)17-16-23-10-4-3-5-11-23;11-8-6-3-1-2-4-7(6)9-5-10-8/h3-5,7-11,13-15,18-21,35H,6,12,16-17,22H2,1-2H3;1-5H,(H,9,10,11). The van der Waals surface area contributed by atoms with Gasteiger partial charge in [0.2, 0.25) is 0 Å². The first-order valence-electron chi connectivity index (χ1n) is 16.1. The minimum absolute atomic E-state index is 0.0874. The van der Waals surface area contributed by atoms with Crippen LogP contribution in [-0.2, 0) is 18.3 Å². The van der Waals surface area contributed by atoms with E-state index in [1.165, 1.54) is 51.3 Å². The third-order valence-corrected chi connectivity index (χ3v) is 9.41. The first kappa shape index (κ1) is 29.5. The Kier molecular flexibility index (Phi) is 7.88. The van der Waals surface area contributed by atoms with Gasteiger partial charge in [-0.05, 0) is 106 Å². The van der Waals surface area contributed by atoms with Crippen molar-refractivity contribution in [1.82, 2.24) is 9.97 Å². The van der Waals surface area contributed by atoms with Crippen molar-refractivity contribution in [2.75, 3.05) is 0 Å². The van der Waals surface area contributed by atoms with Crippen LogP contribution < -0.4 is 5.56 Å². The molecule has 228 valence electrons. The van der Waals surface area contributed by atoms with Crippen LogP contribution in [0.2, 0.25) is 0 Å². The normalized spacial score (nSPS) is 14.8. The third kappa shape index (κ3) is 5.67. The number of rotatable bonds is 4. The summed E-state index contributed by atoms with van der Waals surface area (Å²) in [5, 5.41) is 14.0. The number of aromatic nitrogens is 2. The molecule has 0 spiro atoms. The van der Waals surface area contributed by atoms with E-state index in [1.54, 1.807) is 17.7 Å². The van der Waals surface area contributed by atoms with Crippen LogP contribution in [0.3, 0.4) is 0 Å². The van der Waals surface area contributed by atoms with Gasteiger partial charge in [0.05, 0.1) is 17.2 Å². The largest absolute Gasteiger partial charge is 0.507 e. The monoisotopic (exact) mass is 602 g/mol. The molecule has 1 aromatic heterocycles. The van der Waals surface area contributed by atoms with Crippen molar-refractivity contribution in [2.45, 2.75) is 51.4 Å². The predicted molar refractivity (Wildman–Crippen MR) is 190 cm³/mol. The first-order valence-corrected chi connectivity index (χ1v) is 16.1. The zero-order chi connectivity index (χ0) is 31.7. The fraction of sp³-hybridized carbons (Fsp3) is 0.190. The Bertz CT molecular complexity index is 2180. The van der Waals surface area contributed by atoms with E-state index in [-0.39, 0.29) is 11.0 Å². The molecule has 2 aliphatic rings. The number of aromatic amines is 1. The van der Waals surface area contributed by atoms with E-state index in [1.807, 2.05) is 36.4 Å². The number of phenols is 1. The summed E-state index contributed by atoms with van der Waals surface area (Å²) >= 11 is 0. The average Bonchev–Trinajstić information content (AvgIpc) is 3.08. The quantitative estimate of drug-likeness (QED) is 0.211. The number of H-pyrrole nitrogens is 1. The van der Waals surface area contributed by atoms with Crippen molar-refractivity contribution in [3.63, 3.8) is 0 Å². The molecule has 0 saturated carbocycles. The van der Waals surface area contributed by atoms with Crippen molar-refractivity contribution in [2.24, 2.45) is 0 Å². The Labute approximate surface area is 269 Å². The smallest absolute Gasteiger partial charge is 0.258 e. The van der Waals surface area contributed by atoms with E-state index in [0.29, 0.717) is 11.1 Å². The highest BCUT2D eigenvalue weighted by Gasteiger charge is 2.34. The van der Waals surface area contributed by atoms with Gasteiger partial charge in [0.25, 0.3) is 5.56 Å². The molecule has 0 amide bonds. The van der Waals surface area contributed by atoms with Crippen LogP contribution in [0.25, 0.3) is 38.4 Å². The number of nitrogens with zero attached hydrogens (tertiary/aromatic N) is 1. The zero-order valence-corrected chi connectivity index (χ0v) is 26.4. The van der Waals surface area contributed by atoms with E-state index >= 15 is 0 Å². The van der Waals surface area contributed by atoms with E-state index in [2.05, 4.69) is 90.6 Å². The summed E-state index contributed by atoms with van der Waals surface area (Å²) in [5.74, 6) is 0.341. The Morgan fingerprint density at radius 1 is 0.804 bits per heavy atom. The summed E-state index contributed by atoms with van der Waals surface area (Å²) in [6.07, 6.45) is 11.5. The number of aryl methyl sites for hydroxylation is 2. The van der Waals surface area contributed by atoms with Crippen LogP contribution in [-0.4, -0.2) is 15.1 Å². The number of nitrogens with one attached hydrogen (secondary N) is 1. The molecule has 0 unspecified atom stereocenters. The Balaban J connectivity index is 0.000000259. The maximum atomic E-state index is 11.1. The molecule has 5 aromatic carbocycles. The lowest BCUT2D eigenvalue weighted by atomic mass is 9.66. The van der Waals surface area contributed by atoms with E-state index in [9.17, 15) is 9.90 Å². The molecule has 46 heavy (non-hydrogen) atoms. The number of para-hydroxylation sites is 2. The van der Waals surface area contributed by atoms with Gasteiger partial charge in [-0.1, -0.05) is 110 Å². The summed E-state index contributed by atoms with van der Waals surface area (Å²) in [6, 6.07) is 35.0. The molecule has 4 nitrogen and oxygen atoms in total. The molecule has 0 radical (unpaired) electrons. The zero-order valence-electron chi connectivity index (χ0n) is 26.4. The average molecular weight is 603 g/mol. The lowest BCUT2D eigenvalue weighted by molar-refractivity contribution is 0.477. The maximum absolute atomic E-state index is 11.1. The van der Waals surface area contributed by atoms with Gasteiger partial charge >= 0.3 is 0 Å². The number of hydrogen-bond acceptors (Lipinski definition) is 3. The van der Waals surface area contributed by atoms with Gasteiger partial charge < -0.3 is 10.1 Å². The molecule has 0 aliphatic heterocycles. The second-order valence-electron chi connectivity index (χ2n) is 13.0. The van der Waals surface area contributed by atoms with E-state index in [0.717, 1.165) is 42.3 Å². The van der Waals surface area contributed by atoms with Gasteiger partial charge in [0.15, 0.2) is 0 Å². The van der Waals surface area contributed by atoms with Crippen LogP contribution in [0.4, 0.5) is 0 Å². The molecule has 6 aromatic rings. The maximum Gasteiger partial charge on any atom is 0.258 e. The van der Waals surface area contributed by atoms with E-state index in [4.69, 9.17) is 0 Å². The second kappa shape index (κ2) is 12.3. The SMILES string of the molecule is CC1(C)CC2=C(C=CCC2)c2ccc3cc(-c4ccccc4O)c(CCc4ccccc4)cc3c21.O=c1[nH]cnc2ccccc12. The summed E-state index contributed by atoms with van der Waals surface area (Å²) in [4.78, 5) is 17.6. The summed E-state index contributed by atoms with van der Waals surface area (Å²) in [7, 11) is 0. The van der Waals surface area contributed by atoms with E-state index < -0.39 is 0 Å². The molecule has 1 heterocycles. The molecule has 0 saturated heterocycles. The third-order valence-electron chi connectivity index (χ3n) is 9.41. The van der Waals surface area contributed by atoms with Gasteiger partial charge in [-0.2, -0.15) is 0 Å². The lowest BCUT2D eigenvalue weighted by Gasteiger charge is -2.37. The summed E-state index contributed by atoms with van der Waals surface area (Å²) in [5.41, 5.74) is 11.4.